The predicted octanol–water partition coefficient (Wildman–Crippen LogP) is 2.92. The van der Waals surface area contributed by atoms with Gasteiger partial charge < -0.3 is 15.0 Å². The zero-order valence-corrected chi connectivity index (χ0v) is 14.8. The van der Waals surface area contributed by atoms with Gasteiger partial charge in [0.25, 0.3) is 0 Å². The van der Waals surface area contributed by atoms with Crippen LogP contribution in [0, 0.1) is 11.3 Å². The van der Waals surface area contributed by atoms with Gasteiger partial charge in [-0.05, 0) is 30.3 Å². The molecule has 1 aliphatic rings. The van der Waals surface area contributed by atoms with E-state index in [9.17, 15) is 4.79 Å². The molecule has 0 radical (unpaired) electrons. The fourth-order valence-corrected chi connectivity index (χ4v) is 3.01. The van der Waals surface area contributed by atoms with Gasteiger partial charge in [0.15, 0.2) is 0 Å². The number of methoxy groups -OCH3 is 1. The third-order valence-corrected chi connectivity index (χ3v) is 4.51. The van der Waals surface area contributed by atoms with Crippen molar-refractivity contribution in [2.45, 2.75) is 6.54 Å². The van der Waals surface area contributed by atoms with Gasteiger partial charge in [-0.2, -0.15) is 5.26 Å². The van der Waals surface area contributed by atoms with E-state index in [0.29, 0.717) is 24.3 Å². The highest BCUT2D eigenvalue weighted by molar-refractivity contribution is 5.89. The number of urea groups is 1. The van der Waals surface area contributed by atoms with E-state index in [1.165, 1.54) is 0 Å². The molecule has 0 atom stereocenters. The van der Waals surface area contributed by atoms with Gasteiger partial charge in [0.2, 0.25) is 0 Å². The Morgan fingerprint density at radius 3 is 2.46 bits per heavy atom. The molecule has 2 aromatic carbocycles. The molecule has 0 aromatic heterocycles. The summed E-state index contributed by atoms with van der Waals surface area (Å²) in [5, 5.41) is 11.7. The fourth-order valence-electron chi connectivity index (χ4n) is 3.01. The molecular formula is C20H22N4O2. The van der Waals surface area contributed by atoms with Crippen molar-refractivity contribution in [2.75, 3.05) is 38.6 Å². The highest BCUT2D eigenvalue weighted by atomic mass is 16.5. The summed E-state index contributed by atoms with van der Waals surface area (Å²) < 4.78 is 5.41. The van der Waals surface area contributed by atoms with Crippen LogP contribution in [0.1, 0.15) is 11.1 Å². The number of nitriles is 1. The van der Waals surface area contributed by atoms with E-state index in [2.05, 4.69) is 22.4 Å². The number of amides is 2. The molecule has 0 saturated carbocycles. The number of carbonyl (C=O) groups is 1. The summed E-state index contributed by atoms with van der Waals surface area (Å²) in [5.41, 5.74) is 2.43. The molecular weight excluding hydrogens is 328 g/mol. The minimum Gasteiger partial charge on any atom is -0.496 e. The summed E-state index contributed by atoms with van der Waals surface area (Å²) in [7, 11) is 1.68. The highest BCUT2D eigenvalue weighted by Crippen LogP contribution is 2.20. The van der Waals surface area contributed by atoms with Crippen LogP contribution in [0.5, 0.6) is 5.75 Å². The Bertz CT molecular complexity index is 790. The number of benzene rings is 2. The summed E-state index contributed by atoms with van der Waals surface area (Å²) in [4.78, 5) is 16.5. The molecule has 2 amide bonds. The van der Waals surface area contributed by atoms with Crippen LogP contribution in [0.2, 0.25) is 0 Å². The second-order valence-electron chi connectivity index (χ2n) is 6.19. The quantitative estimate of drug-likeness (QED) is 0.920. The van der Waals surface area contributed by atoms with Gasteiger partial charge in [0.1, 0.15) is 5.75 Å². The van der Waals surface area contributed by atoms with Crippen molar-refractivity contribution >= 4 is 11.7 Å². The number of para-hydroxylation sites is 1. The number of nitrogens with zero attached hydrogens (tertiary/aromatic N) is 3. The van der Waals surface area contributed by atoms with Gasteiger partial charge in [-0.1, -0.05) is 18.2 Å². The average molecular weight is 350 g/mol. The number of hydrogen-bond donors (Lipinski definition) is 1. The normalized spacial score (nSPS) is 14.5. The van der Waals surface area contributed by atoms with Crippen molar-refractivity contribution in [2.24, 2.45) is 0 Å². The number of piperazine rings is 1. The van der Waals surface area contributed by atoms with Crippen LogP contribution in [0.4, 0.5) is 10.5 Å². The third kappa shape index (κ3) is 4.32. The van der Waals surface area contributed by atoms with E-state index < -0.39 is 0 Å². The lowest BCUT2D eigenvalue weighted by atomic mass is 10.1. The summed E-state index contributed by atoms with van der Waals surface area (Å²) in [6, 6.07) is 16.9. The topological polar surface area (TPSA) is 68.6 Å². The number of ether oxygens (including phenoxy) is 1. The Labute approximate surface area is 153 Å². The number of nitrogens with one attached hydrogen (secondary N) is 1. The summed E-state index contributed by atoms with van der Waals surface area (Å²) in [6.45, 7) is 3.81. The molecule has 0 bridgehead atoms. The Morgan fingerprint density at radius 1 is 1.12 bits per heavy atom. The van der Waals surface area contributed by atoms with Crippen molar-refractivity contribution in [1.82, 2.24) is 9.80 Å². The maximum absolute atomic E-state index is 12.4. The van der Waals surface area contributed by atoms with E-state index in [1.54, 1.807) is 31.4 Å². The first-order valence-corrected chi connectivity index (χ1v) is 8.60. The molecule has 26 heavy (non-hydrogen) atoms. The molecule has 0 spiro atoms. The number of rotatable bonds is 4. The molecule has 2 aromatic rings. The van der Waals surface area contributed by atoms with Crippen molar-refractivity contribution in [1.29, 1.82) is 5.26 Å². The maximum Gasteiger partial charge on any atom is 0.321 e. The van der Waals surface area contributed by atoms with Crippen LogP contribution in [0.15, 0.2) is 48.5 Å². The average Bonchev–Trinajstić information content (AvgIpc) is 2.69. The first-order chi connectivity index (χ1) is 12.7. The van der Waals surface area contributed by atoms with E-state index >= 15 is 0 Å². The fraction of sp³-hybridized carbons (Fsp3) is 0.300. The molecule has 6 nitrogen and oxygen atoms in total. The van der Waals surface area contributed by atoms with Gasteiger partial charge in [0.05, 0.1) is 18.7 Å². The van der Waals surface area contributed by atoms with Crippen LogP contribution in [0.3, 0.4) is 0 Å². The third-order valence-electron chi connectivity index (χ3n) is 4.51. The van der Waals surface area contributed by atoms with Gasteiger partial charge >= 0.3 is 6.03 Å². The molecule has 0 aliphatic carbocycles. The molecule has 6 heteroatoms. The Kier molecular flexibility index (Phi) is 5.72. The Morgan fingerprint density at radius 2 is 1.81 bits per heavy atom. The lowest BCUT2D eigenvalue weighted by Gasteiger charge is -2.34. The molecule has 134 valence electrons. The highest BCUT2D eigenvalue weighted by Gasteiger charge is 2.21. The monoisotopic (exact) mass is 350 g/mol. The van der Waals surface area contributed by atoms with E-state index in [1.807, 2.05) is 23.1 Å². The lowest BCUT2D eigenvalue weighted by molar-refractivity contribution is 0.142. The number of anilines is 1. The predicted molar refractivity (Wildman–Crippen MR) is 100 cm³/mol. The van der Waals surface area contributed by atoms with Crippen LogP contribution in [0.25, 0.3) is 0 Å². The minimum atomic E-state index is -0.105. The molecule has 1 heterocycles. The van der Waals surface area contributed by atoms with Crippen molar-refractivity contribution in [3.63, 3.8) is 0 Å². The Balaban J connectivity index is 1.51. The molecule has 1 aliphatic heterocycles. The maximum atomic E-state index is 12.4. The number of hydrogen-bond acceptors (Lipinski definition) is 4. The van der Waals surface area contributed by atoms with Gasteiger partial charge in [-0.25, -0.2) is 4.79 Å². The molecule has 1 saturated heterocycles. The van der Waals surface area contributed by atoms with Gasteiger partial charge in [0, 0.05) is 44.0 Å². The molecule has 1 N–H and O–H groups in total. The zero-order valence-electron chi connectivity index (χ0n) is 14.8. The second-order valence-corrected chi connectivity index (χ2v) is 6.19. The van der Waals surface area contributed by atoms with E-state index in [0.717, 1.165) is 30.9 Å². The summed E-state index contributed by atoms with van der Waals surface area (Å²) in [5.74, 6) is 0.897. The largest absolute Gasteiger partial charge is 0.496 e. The zero-order chi connectivity index (χ0) is 18.4. The van der Waals surface area contributed by atoms with E-state index in [4.69, 9.17) is 10.00 Å². The lowest BCUT2D eigenvalue weighted by Crippen LogP contribution is -2.49. The van der Waals surface area contributed by atoms with E-state index in [-0.39, 0.29) is 6.03 Å². The second kappa shape index (κ2) is 8.37. The van der Waals surface area contributed by atoms with Crippen LogP contribution in [-0.2, 0) is 6.54 Å². The first-order valence-electron chi connectivity index (χ1n) is 8.60. The molecule has 1 fully saturated rings. The van der Waals surface area contributed by atoms with Crippen LogP contribution in [-0.4, -0.2) is 49.1 Å². The standard InChI is InChI=1S/C20H22N4O2/c1-26-19-5-3-2-4-17(19)15-23-10-12-24(13-11-23)20(25)22-18-8-6-16(14-21)7-9-18/h2-9H,10-13,15H2,1H3,(H,22,25). The summed E-state index contributed by atoms with van der Waals surface area (Å²) >= 11 is 0. The molecule has 3 rings (SSSR count). The Hall–Kier alpha value is -3.04. The SMILES string of the molecule is COc1ccccc1CN1CCN(C(=O)Nc2ccc(C#N)cc2)CC1. The van der Waals surface area contributed by atoms with Crippen LogP contribution >= 0.6 is 0 Å². The summed E-state index contributed by atoms with van der Waals surface area (Å²) in [6.07, 6.45) is 0. The van der Waals surface area contributed by atoms with Crippen molar-refractivity contribution < 1.29 is 9.53 Å². The first kappa shape index (κ1) is 17.8. The van der Waals surface area contributed by atoms with Crippen molar-refractivity contribution in [3.05, 3.63) is 59.7 Å². The van der Waals surface area contributed by atoms with Gasteiger partial charge in [-0.15, -0.1) is 0 Å². The van der Waals surface area contributed by atoms with Crippen LogP contribution < -0.4 is 10.1 Å². The molecule has 0 unspecified atom stereocenters. The van der Waals surface area contributed by atoms with Gasteiger partial charge in [-0.3, -0.25) is 4.90 Å². The minimum absolute atomic E-state index is 0.105. The number of carbonyl (C=O) groups excluding carboxylic acids is 1. The smallest absolute Gasteiger partial charge is 0.321 e. The van der Waals surface area contributed by atoms with Crippen molar-refractivity contribution in [3.8, 4) is 11.8 Å².